The summed E-state index contributed by atoms with van der Waals surface area (Å²) in [4.78, 5) is 9.28. The van der Waals surface area contributed by atoms with Crippen LogP contribution in [0.5, 0.6) is 0 Å². The van der Waals surface area contributed by atoms with Gasteiger partial charge in [0.2, 0.25) is 15.8 Å². The lowest BCUT2D eigenvalue weighted by molar-refractivity contribution is -0.387. The number of hydrogen-bond acceptors (Lipinski definition) is 4. The zero-order valence-corrected chi connectivity index (χ0v) is 10.4. The van der Waals surface area contributed by atoms with Crippen LogP contribution in [0.25, 0.3) is 0 Å². The molecule has 1 aromatic carbocycles. The second kappa shape index (κ2) is 4.29. The zero-order chi connectivity index (χ0) is 13.5. The molecule has 98 valence electrons. The van der Waals surface area contributed by atoms with Gasteiger partial charge in [-0.2, -0.15) is 8.70 Å². The van der Waals surface area contributed by atoms with E-state index in [0.29, 0.717) is 6.07 Å². The highest BCUT2D eigenvalue weighted by molar-refractivity contribution is 7.89. The summed E-state index contributed by atoms with van der Waals surface area (Å²) in [7, 11) is -2.35. The average molecular weight is 274 g/mol. The average Bonchev–Trinajstić information content (AvgIpc) is 3.11. The molecule has 6 nitrogen and oxygen atoms in total. The molecule has 1 aliphatic carbocycles. The predicted molar refractivity (Wildman–Crippen MR) is 61.0 cm³/mol. The quantitative estimate of drug-likeness (QED) is 0.615. The molecule has 0 atom stereocenters. The van der Waals surface area contributed by atoms with Gasteiger partial charge in [-0.05, 0) is 18.9 Å². The molecule has 1 aromatic rings. The van der Waals surface area contributed by atoms with E-state index in [1.165, 1.54) is 11.4 Å². The van der Waals surface area contributed by atoms with E-state index in [-0.39, 0.29) is 10.9 Å². The van der Waals surface area contributed by atoms with Gasteiger partial charge in [-0.3, -0.25) is 10.1 Å². The van der Waals surface area contributed by atoms with E-state index in [1.54, 1.807) is 0 Å². The third-order valence-electron chi connectivity index (χ3n) is 2.85. The van der Waals surface area contributed by atoms with Gasteiger partial charge in [0.25, 0.3) is 0 Å². The Labute approximate surface area is 103 Å². The molecule has 8 heteroatoms. The number of halogens is 1. The normalized spacial score (nSPS) is 15.9. The second-order valence-corrected chi connectivity index (χ2v) is 6.12. The highest BCUT2D eigenvalue weighted by Gasteiger charge is 2.35. The van der Waals surface area contributed by atoms with Crippen LogP contribution in [0.2, 0.25) is 0 Å². The van der Waals surface area contributed by atoms with Crippen LogP contribution >= 0.6 is 0 Å². The van der Waals surface area contributed by atoms with Crippen LogP contribution in [0.15, 0.2) is 23.1 Å². The van der Waals surface area contributed by atoms with E-state index < -0.39 is 26.5 Å². The smallest absolute Gasteiger partial charge is 0.258 e. The number of nitrogens with zero attached hydrogens (tertiary/aromatic N) is 2. The Balaban J connectivity index is 2.39. The van der Waals surface area contributed by atoms with Crippen molar-refractivity contribution in [3.63, 3.8) is 0 Å². The molecule has 1 saturated carbocycles. The highest BCUT2D eigenvalue weighted by atomic mass is 32.2. The van der Waals surface area contributed by atoms with Crippen LogP contribution in [0.1, 0.15) is 12.8 Å². The molecule has 0 amide bonds. The van der Waals surface area contributed by atoms with Gasteiger partial charge in [0.1, 0.15) is 0 Å². The van der Waals surface area contributed by atoms with Gasteiger partial charge in [0.05, 0.1) is 9.82 Å². The van der Waals surface area contributed by atoms with Crippen molar-refractivity contribution in [3.8, 4) is 0 Å². The van der Waals surface area contributed by atoms with E-state index in [4.69, 9.17) is 0 Å². The molecule has 0 N–H and O–H groups in total. The minimum absolute atomic E-state index is 0.0479. The fourth-order valence-electron chi connectivity index (χ4n) is 1.60. The van der Waals surface area contributed by atoms with Crippen LogP contribution in [-0.4, -0.2) is 30.7 Å². The summed E-state index contributed by atoms with van der Waals surface area (Å²) in [6.45, 7) is 0. The van der Waals surface area contributed by atoms with Gasteiger partial charge in [-0.1, -0.05) is 0 Å². The van der Waals surface area contributed by atoms with Crippen LogP contribution in [0.3, 0.4) is 0 Å². The standard InChI is InChI=1S/C10H11FN2O4S/c1-12(7-2-3-7)18(16,17)8-4-5-10(13(14)15)9(11)6-8/h4-7H,2-3H2,1H3. The molecule has 2 rings (SSSR count). The maximum Gasteiger partial charge on any atom is 0.304 e. The molecule has 0 bridgehead atoms. The Morgan fingerprint density at radius 2 is 2.06 bits per heavy atom. The number of nitro benzene ring substituents is 1. The third kappa shape index (κ3) is 2.21. The Bertz CT molecular complexity index is 598. The van der Waals surface area contributed by atoms with Gasteiger partial charge >= 0.3 is 5.69 Å². The maximum atomic E-state index is 13.4. The van der Waals surface area contributed by atoms with Crippen molar-refractivity contribution in [2.45, 2.75) is 23.8 Å². The van der Waals surface area contributed by atoms with Crippen molar-refractivity contribution in [3.05, 3.63) is 34.1 Å². The topological polar surface area (TPSA) is 80.5 Å². The monoisotopic (exact) mass is 274 g/mol. The molecular formula is C10H11FN2O4S. The number of rotatable bonds is 4. The molecule has 0 unspecified atom stereocenters. The van der Waals surface area contributed by atoms with Gasteiger partial charge in [0.15, 0.2) is 0 Å². The minimum Gasteiger partial charge on any atom is -0.258 e. The summed E-state index contributed by atoms with van der Waals surface area (Å²) in [6, 6.07) is 2.55. The fourth-order valence-corrected chi connectivity index (χ4v) is 3.03. The molecular weight excluding hydrogens is 263 g/mol. The third-order valence-corrected chi connectivity index (χ3v) is 4.76. The largest absolute Gasteiger partial charge is 0.304 e. The first-order valence-electron chi connectivity index (χ1n) is 5.26. The number of sulfonamides is 1. The lowest BCUT2D eigenvalue weighted by atomic mass is 10.3. The summed E-state index contributed by atoms with van der Waals surface area (Å²) >= 11 is 0. The summed E-state index contributed by atoms with van der Waals surface area (Å²) in [5.41, 5.74) is -0.733. The predicted octanol–water partition coefficient (Wildman–Crippen LogP) is 1.52. The van der Waals surface area contributed by atoms with Crippen molar-refractivity contribution in [2.75, 3.05) is 7.05 Å². The van der Waals surface area contributed by atoms with Crippen LogP contribution in [-0.2, 0) is 10.0 Å². The van der Waals surface area contributed by atoms with Crippen LogP contribution in [0, 0.1) is 15.9 Å². The zero-order valence-electron chi connectivity index (χ0n) is 9.54. The maximum absolute atomic E-state index is 13.4. The van der Waals surface area contributed by atoms with E-state index in [0.717, 1.165) is 25.0 Å². The molecule has 0 spiro atoms. The molecule has 18 heavy (non-hydrogen) atoms. The lowest BCUT2D eigenvalue weighted by Gasteiger charge is -2.16. The molecule has 0 aromatic heterocycles. The Hall–Kier alpha value is -1.54. The molecule has 0 aliphatic heterocycles. The van der Waals surface area contributed by atoms with Crippen LogP contribution in [0.4, 0.5) is 10.1 Å². The second-order valence-electron chi connectivity index (χ2n) is 4.12. The van der Waals surface area contributed by atoms with Crippen LogP contribution < -0.4 is 0 Å². The van der Waals surface area contributed by atoms with E-state index in [9.17, 15) is 22.9 Å². The number of hydrogen-bond donors (Lipinski definition) is 0. The van der Waals surface area contributed by atoms with Gasteiger partial charge in [-0.25, -0.2) is 8.42 Å². The summed E-state index contributed by atoms with van der Waals surface area (Å²) in [5.74, 6) is -1.15. The Morgan fingerprint density at radius 1 is 1.44 bits per heavy atom. The van der Waals surface area contributed by atoms with Crippen molar-refractivity contribution in [1.29, 1.82) is 0 Å². The molecule has 1 aliphatic rings. The minimum atomic E-state index is -3.77. The Kier molecular flexibility index (Phi) is 3.07. The SMILES string of the molecule is CN(C1CC1)S(=O)(=O)c1ccc([N+](=O)[O-])c(F)c1. The van der Waals surface area contributed by atoms with Crippen molar-refractivity contribution < 1.29 is 17.7 Å². The fraction of sp³-hybridized carbons (Fsp3) is 0.400. The van der Waals surface area contributed by atoms with Crippen molar-refractivity contribution >= 4 is 15.7 Å². The molecule has 1 fully saturated rings. The molecule has 0 radical (unpaired) electrons. The van der Waals surface area contributed by atoms with Gasteiger partial charge < -0.3 is 0 Å². The summed E-state index contributed by atoms with van der Waals surface area (Å²) < 4.78 is 38.6. The van der Waals surface area contributed by atoms with Crippen molar-refractivity contribution in [2.24, 2.45) is 0 Å². The Morgan fingerprint density at radius 3 is 2.50 bits per heavy atom. The lowest BCUT2D eigenvalue weighted by Crippen LogP contribution is -2.29. The van der Waals surface area contributed by atoms with Crippen molar-refractivity contribution in [1.82, 2.24) is 4.31 Å². The first-order chi connectivity index (χ1) is 8.34. The molecule has 0 saturated heterocycles. The van der Waals surface area contributed by atoms with E-state index in [2.05, 4.69) is 0 Å². The summed E-state index contributed by atoms with van der Waals surface area (Å²) in [6.07, 6.45) is 1.57. The van der Waals surface area contributed by atoms with Gasteiger partial charge in [0, 0.05) is 25.2 Å². The number of benzene rings is 1. The first kappa shape index (κ1) is 12.9. The summed E-state index contributed by atoms with van der Waals surface area (Å²) in [5, 5.41) is 10.4. The van der Waals surface area contributed by atoms with E-state index in [1.807, 2.05) is 0 Å². The van der Waals surface area contributed by atoms with E-state index >= 15 is 0 Å². The first-order valence-corrected chi connectivity index (χ1v) is 6.70. The van der Waals surface area contributed by atoms with Gasteiger partial charge in [-0.15, -0.1) is 0 Å². The molecule has 0 heterocycles. The number of nitro groups is 1. The highest BCUT2D eigenvalue weighted by Crippen LogP contribution is 2.31.